The van der Waals surface area contributed by atoms with E-state index in [1.165, 1.54) is 0 Å². The van der Waals surface area contributed by atoms with Gasteiger partial charge in [0.2, 0.25) is 0 Å². The van der Waals surface area contributed by atoms with Gasteiger partial charge in [0.15, 0.2) is 0 Å². The van der Waals surface area contributed by atoms with Gasteiger partial charge in [0.05, 0.1) is 0 Å². The third-order valence-corrected chi connectivity index (χ3v) is 5.56. The van der Waals surface area contributed by atoms with Crippen molar-refractivity contribution in [2.45, 2.75) is 25.8 Å². The van der Waals surface area contributed by atoms with Crippen LogP contribution in [0.15, 0.2) is 29.6 Å². The van der Waals surface area contributed by atoms with E-state index in [1.54, 1.807) is 11.3 Å². The summed E-state index contributed by atoms with van der Waals surface area (Å²) in [6, 6.07) is 8.17. The number of thiazole rings is 1. The van der Waals surface area contributed by atoms with E-state index in [1.807, 2.05) is 48.5 Å². The van der Waals surface area contributed by atoms with Gasteiger partial charge < -0.3 is 9.80 Å². The van der Waals surface area contributed by atoms with Crippen LogP contribution in [0.2, 0.25) is 0 Å². The van der Waals surface area contributed by atoms with Crippen molar-refractivity contribution in [1.82, 2.24) is 14.8 Å². The first-order chi connectivity index (χ1) is 11.0. The van der Waals surface area contributed by atoms with E-state index >= 15 is 0 Å². The lowest BCUT2D eigenvalue weighted by Gasteiger charge is -2.35. The van der Waals surface area contributed by atoms with Crippen LogP contribution < -0.4 is 0 Å². The third-order valence-electron chi connectivity index (χ3n) is 4.55. The summed E-state index contributed by atoms with van der Waals surface area (Å²) in [5.74, 6) is 0.112. The Hall–Kier alpha value is -1.72. The monoisotopic (exact) mass is 329 g/mol. The number of aromatic nitrogens is 1. The number of piperidine rings is 1. The first kappa shape index (κ1) is 16.1. The third kappa shape index (κ3) is 3.62. The van der Waals surface area contributed by atoms with Gasteiger partial charge in [0.25, 0.3) is 5.91 Å². The first-order valence-corrected chi connectivity index (χ1v) is 8.91. The number of hydrogen-bond acceptors (Lipinski definition) is 4. The topological polar surface area (TPSA) is 36.4 Å². The lowest BCUT2D eigenvalue weighted by atomic mass is 10.0. The minimum absolute atomic E-state index is 0.112. The zero-order valence-corrected chi connectivity index (χ0v) is 14.8. The molecule has 1 aromatic heterocycles. The maximum absolute atomic E-state index is 12.7. The van der Waals surface area contributed by atoms with Gasteiger partial charge in [-0.2, -0.15) is 0 Å². The number of likely N-dealkylation sites (tertiary alicyclic amines) is 1. The summed E-state index contributed by atoms with van der Waals surface area (Å²) in [5.41, 5.74) is 2.86. The molecule has 3 rings (SSSR count). The quantitative estimate of drug-likeness (QED) is 0.867. The Labute approximate surface area is 141 Å². The summed E-state index contributed by atoms with van der Waals surface area (Å²) >= 11 is 1.64. The number of nitrogens with zero attached hydrogens (tertiary/aromatic N) is 3. The van der Waals surface area contributed by atoms with E-state index in [4.69, 9.17) is 0 Å². The molecule has 1 aliphatic heterocycles. The molecule has 1 aliphatic rings. The summed E-state index contributed by atoms with van der Waals surface area (Å²) in [4.78, 5) is 21.4. The fourth-order valence-corrected chi connectivity index (χ4v) is 3.80. The van der Waals surface area contributed by atoms with Gasteiger partial charge in [-0.1, -0.05) is 12.1 Å². The van der Waals surface area contributed by atoms with Crippen LogP contribution in [0.4, 0.5) is 0 Å². The van der Waals surface area contributed by atoms with Crippen LogP contribution in [0.5, 0.6) is 0 Å². The number of carbonyl (C=O) groups excluding carboxylic acids is 1. The van der Waals surface area contributed by atoms with Gasteiger partial charge >= 0.3 is 0 Å². The molecule has 0 bridgehead atoms. The van der Waals surface area contributed by atoms with E-state index in [2.05, 4.69) is 16.9 Å². The van der Waals surface area contributed by atoms with Gasteiger partial charge in [-0.05, 0) is 52.0 Å². The molecule has 0 unspecified atom stereocenters. The van der Waals surface area contributed by atoms with Crippen molar-refractivity contribution in [3.63, 3.8) is 0 Å². The molecule has 0 radical (unpaired) electrons. The number of hydrogen-bond donors (Lipinski definition) is 0. The maximum atomic E-state index is 12.7. The molecule has 23 heavy (non-hydrogen) atoms. The molecular weight excluding hydrogens is 306 g/mol. The Morgan fingerprint density at radius 2 is 1.91 bits per heavy atom. The van der Waals surface area contributed by atoms with Crippen molar-refractivity contribution in [2.75, 3.05) is 27.2 Å². The Morgan fingerprint density at radius 3 is 2.48 bits per heavy atom. The largest absolute Gasteiger partial charge is 0.339 e. The van der Waals surface area contributed by atoms with Crippen LogP contribution in [0.3, 0.4) is 0 Å². The zero-order chi connectivity index (χ0) is 16.4. The molecule has 1 amide bonds. The molecule has 0 atom stereocenters. The minimum Gasteiger partial charge on any atom is -0.339 e. The molecule has 0 N–H and O–H groups in total. The Bertz CT molecular complexity index is 672. The van der Waals surface area contributed by atoms with Crippen LogP contribution >= 0.6 is 11.3 Å². The van der Waals surface area contributed by atoms with Gasteiger partial charge in [0, 0.05) is 35.3 Å². The molecule has 2 aromatic rings. The molecule has 0 spiro atoms. The van der Waals surface area contributed by atoms with E-state index in [-0.39, 0.29) is 5.91 Å². The standard InChI is InChI=1S/C18H23N3OS/c1-13-12-23-17(19-13)14-4-6-15(7-5-14)18(22)21(3)16-8-10-20(2)11-9-16/h4-7,12,16H,8-11H2,1-3H3. The van der Waals surface area contributed by atoms with E-state index in [0.717, 1.165) is 47.8 Å². The molecule has 1 aromatic carbocycles. The highest BCUT2D eigenvalue weighted by atomic mass is 32.1. The average Bonchev–Trinajstić information content (AvgIpc) is 3.01. The van der Waals surface area contributed by atoms with E-state index < -0.39 is 0 Å². The van der Waals surface area contributed by atoms with Crippen LogP contribution in [-0.4, -0.2) is 53.9 Å². The summed E-state index contributed by atoms with van der Waals surface area (Å²) in [5, 5.41) is 3.05. The highest BCUT2D eigenvalue weighted by molar-refractivity contribution is 7.13. The second kappa shape index (κ2) is 6.81. The fraction of sp³-hybridized carbons (Fsp3) is 0.444. The second-order valence-electron chi connectivity index (χ2n) is 6.32. The number of rotatable bonds is 3. The van der Waals surface area contributed by atoms with Crippen LogP contribution in [-0.2, 0) is 0 Å². The fourth-order valence-electron chi connectivity index (χ4n) is 2.99. The van der Waals surface area contributed by atoms with Crippen LogP contribution in [0.25, 0.3) is 10.6 Å². The van der Waals surface area contributed by atoms with Crippen LogP contribution in [0, 0.1) is 6.92 Å². The number of amides is 1. The summed E-state index contributed by atoms with van der Waals surface area (Å²) in [7, 11) is 4.06. The van der Waals surface area contributed by atoms with E-state index in [9.17, 15) is 4.79 Å². The second-order valence-corrected chi connectivity index (χ2v) is 7.18. The van der Waals surface area contributed by atoms with Crippen molar-refractivity contribution in [3.05, 3.63) is 40.9 Å². The first-order valence-electron chi connectivity index (χ1n) is 8.03. The van der Waals surface area contributed by atoms with Gasteiger partial charge in [0.1, 0.15) is 5.01 Å². The Morgan fingerprint density at radius 1 is 1.26 bits per heavy atom. The predicted molar refractivity (Wildman–Crippen MR) is 94.9 cm³/mol. The van der Waals surface area contributed by atoms with Crippen molar-refractivity contribution < 1.29 is 4.79 Å². The van der Waals surface area contributed by atoms with Crippen molar-refractivity contribution >= 4 is 17.2 Å². The Balaban J connectivity index is 1.70. The van der Waals surface area contributed by atoms with Gasteiger partial charge in [-0.25, -0.2) is 4.98 Å². The number of aryl methyl sites for hydroxylation is 1. The van der Waals surface area contributed by atoms with Gasteiger partial charge in [-0.3, -0.25) is 4.79 Å². The van der Waals surface area contributed by atoms with E-state index in [0.29, 0.717) is 6.04 Å². The lowest BCUT2D eigenvalue weighted by Crippen LogP contribution is -2.44. The molecular formula is C18H23N3OS. The molecule has 5 heteroatoms. The molecule has 0 saturated carbocycles. The van der Waals surface area contributed by atoms with Crippen molar-refractivity contribution in [3.8, 4) is 10.6 Å². The molecule has 1 saturated heterocycles. The normalized spacial score (nSPS) is 16.5. The molecule has 2 heterocycles. The zero-order valence-electron chi connectivity index (χ0n) is 14.0. The molecule has 4 nitrogen and oxygen atoms in total. The Kier molecular flexibility index (Phi) is 4.78. The molecule has 0 aliphatic carbocycles. The maximum Gasteiger partial charge on any atom is 0.253 e. The summed E-state index contributed by atoms with van der Waals surface area (Å²) in [6.07, 6.45) is 2.10. The van der Waals surface area contributed by atoms with Crippen molar-refractivity contribution in [2.24, 2.45) is 0 Å². The highest BCUT2D eigenvalue weighted by Gasteiger charge is 2.24. The smallest absolute Gasteiger partial charge is 0.253 e. The summed E-state index contributed by atoms with van der Waals surface area (Å²) in [6.45, 7) is 4.11. The lowest BCUT2D eigenvalue weighted by molar-refractivity contribution is 0.0659. The average molecular weight is 329 g/mol. The SMILES string of the molecule is Cc1csc(-c2ccc(C(=O)N(C)C3CCN(C)CC3)cc2)n1. The molecule has 1 fully saturated rings. The minimum atomic E-state index is 0.112. The van der Waals surface area contributed by atoms with Gasteiger partial charge in [-0.15, -0.1) is 11.3 Å². The van der Waals surface area contributed by atoms with Crippen LogP contribution in [0.1, 0.15) is 28.9 Å². The van der Waals surface area contributed by atoms with Crippen molar-refractivity contribution in [1.29, 1.82) is 0 Å². The molecule has 122 valence electrons. The number of benzene rings is 1. The number of carbonyl (C=O) groups is 1. The summed E-state index contributed by atoms with van der Waals surface area (Å²) < 4.78 is 0. The highest BCUT2D eigenvalue weighted by Crippen LogP contribution is 2.24. The predicted octanol–water partition coefficient (Wildman–Crippen LogP) is 3.28.